The molecule has 3 rings (SSSR count). The Balaban J connectivity index is 1.84. The molecule has 1 aliphatic rings. The zero-order chi connectivity index (χ0) is 22.1. The van der Waals surface area contributed by atoms with E-state index in [0.29, 0.717) is 28.0 Å². The molecule has 1 aliphatic heterocycles. The Hall–Kier alpha value is -2.49. The summed E-state index contributed by atoms with van der Waals surface area (Å²) in [5.74, 6) is 0. The van der Waals surface area contributed by atoms with E-state index in [1.165, 1.54) is 18.6 Å². The van der Waals surface area contributed by atoms with Crippen molar-refractivity contribution in [1.82, 2.24) is 20.1 Å². The maximum absolute atomic E-state index is 14.5. The number of nitrogens with one attached hydrogen (secondary N) is 1. The van der Waals surface area contributed by atoms with Gasteiger partial charge in [-0.15, -0.1) is 0 Å². The first kappa shape index (κ1) is 22.2. The number of hydrogen-bond acceptors (Lipinski definition) is 5. The van der Waals surface area contributed by atoms with Crippen LogP contribution in [0.2, 0.25) is 5.15 Å². The highest BCUT2D eigenvalue weighted by atomic mass is 35.5. The second-order valence-corrected chi connectivity index (χ2v) is 8.40. The Bertz CT molecular complexity index is 903. The van der Waals surface area contributed by atoms with E-state index in [1.807, 2.05) is 4.90 Å². The normalized spacial score (nSPS) is 19.8. The Morgan fingerprint density at radius 3 is 2.73 bits per heavy atom. The Morgan fingerprint density at radius 2 is 2.10 bits per heavy atom. The second-order valence-electron chi connectivity index (χ2n) is 8.01. The fraction of sp³-hybridized carbons (Fsp3) is 0.526. The lowest BCUT2D eigenvalue weighted by atomic mass is 10.0. The van der Waals surface area contributed by atoms with Crippen molar-refractivity contribution in [3.63, 3.8) is 0 Å². The summed E-state index contributed by atoms with van der Waals surface area (Å²) in [7, 11) is 0. The quantitative estimate of drug-likeness (QED) is 0.704. The van der Waals surface area contributed by atoms with Crippen LogP contribution in [0.25, 0.3) is 11.1 Å². The lowest BCUT2D eigenvalue weighted by molar-refractivity contribution is 0.0465. The van der Waals surface area contributed by atoms with Gasteiger partial charge in [0.05, 0.1) is 12.2 Å². The molecule has 2 aromatic rings. The van der Waals surface area contributed by atoms with Crippen molar-refractivity contribution >= 4 is 23.4 Å². The molecule has 1 amide bonds. The lowest BCUT2D eigenvalue weighted by Crippen LogP contribution is -2.54. The van der Waals surface area contributed by atoms with Gasteiger partial charge < -0.3 is 15.0 Å². The predicted molar refractivity (Wildman–Crippen MR) is 107 cm³/mol. The summed E-state index contributed by atoms with van der Waals surface area (Å²) in [6, 6.07) is 0.775. The minimum absolute atomic E-state index is 0.150. The summed E-state index contributed by atoms with van der Waals surface area (Å²) in [6.45, 7) is 2.89. The zero-order valence-corrected chi connectivity index (χ0v) is 17.5. The average molecular weight is 446 g/mol. The molecule has 2 aromatic heterocycles. The molecule has 30 heavy (non-hydrogen) atoms. The highest BCUT2D eigenvalue weighted by Gasteiger charge is 2.33. The van der Waals surface area contributed by atoms with Crippen LogP contribution in [0.15, 0.2) is 24.7 Å². The topological polar surface area (TPSA) is 72.3 Å². The van der Waals surface area contributed by atoms with Gasteiger partial charge in [0.15, 0.2) is 0 Å². The van der Waals surface area contributed by atoms with E-state index in [-0.39, 0.29) is 18.1 Å². The van der Waals surface area contributed by atoms with E-state index in [9.17, 15) is 18.0 Å². The number of carbonyl (C=O) groups is 1. The van der Waals surface area contributed by atoms with Gasteiger partial charge in [-0.25, -0.2) is 18.9 Å². The Labute approximate surface area is 177 Å². The second kappa shape index (κ2) is 8.71. The molecule has 0 saturated carbocycles. The monoisotopic (exact) mass is 445 g/mol. The maximum Gasteiger partial charge on any atom is 0.408 e. The molecule has 0 spiro atoms. The molecule has 0 radical (unpaired) electrons. The van der Waals surface area contributed by atoms with Crippen molar-refractivity contribution in [3.8, 4) is 11.1 Å². The molecule has 11 heteroatoms. The number of hydrogen-bond donors (Lipinski definition) is 1. The molecule has 2 atom stereocenters. The van der Waals surface area contributed by atoms with Crippen LogP contribution in [0.3, 0.4) is 0 Å². The average Bonchev–Trinajstić information content (AvgIpc) is 3.12. The molecule has 1 saturated heterocycles. The largest absolute Gasteiger partial charge is 0.444 e. The predicted octanol–water partition coefficient (Wildman–Crippen LogP) is 4.44. The van der Waals surface area contributed by atoms with E-state index in [4.69, 9.17) is 16.3 Å². The summed E-state index contributed by atoms with van der Waals surface area (Å²) in [4.78, 5) is 18.0. The molecule has 1 N–H and O–H groups in total. The van der Waals surface area contributed by atoms with Crippen LogP contribution in [0.4, 0.5) is 23.7 Å². The van der Waals surface area contributed by atoms with Gasteiger partial charge in [0.1, 0.15) is 16.9 Å². The van der Waals surface area contributed by atoms with Gasteiger partial charge in [-0.2, -0.15) is 13.9 Å². The van der Waals surface area contributed by atoms with Crippen molar-refractivity contribution < 1.29 is 22.7 Å². The van der Waals surface area contributed by atoms with Gasteiger partial charge in [0.2, 0.25) is 0 Å². The SMILES string of the molecule is CC(C)(C)OC(=O)N[C@@H]1CN(c2cc(Cl)ncc2-c2cnn(C(F)F)c2)CC[C@H]1F. The molecule has 164 valence electrons. The van der Waals surface area contributed by atoms with E-state index in [2.05, 4.69) is 15.4 Å². The number of halogens is 4. The van der Waals surface area contributed by atoms with Gasteiger partial charge >= 0.3 is 12.6 Å². The van der Waals surface area contributed by atoms with Crippen LogP contribution in [-0.2, 0) is 4.74 Å². The number of carbonyl (C=O) groups excluding carboxylic acids is 1. The van der Waals surface area contributed by atoms with E-state index in [0.717, 1.165) is 0 Å². The summed E-state index contributed by atoms with van der Waals surface area (Å²) in [5.41, 5.74) is 0.834. The third kappa shape index (κ3) is 5.35. The van der Waals surface area contributed by atoms with Crippen LogP contribution < -0.4 is 10.2 Å². The number of aromatic nitrogens is 3. The first-order chi connectivity index (χ1) is 14.0. The molecular formula is C19H23ClF3N5O2. The standard InChI is InChI=1S/C19H23ClF3N5O2/c1-19(2,3)30-18(29)26-14-10-27(5-4-13(14)21)15-6-16(20)24-8-12(15)11-7-25-28(9-11)17(22)23/h6-9,13-14,17H,4-5,10H2,1-3H3,(H,26,29)/t13-,14-/m1/s1. The molecule has 0 aliphatic carbocycles. The van der Waals surface area contributed by atoms with E-state index in [1.54, 1.807) is 26.8 Å². The zero-order valence-electron chi connectivity index (χ0n) is 16.8. The van der Waals surface area contributed by atoms with Crippen LogP contribution in [0.5, 0.6) is 0 Å². The number of anilines is 1. The Kier molecular flexibility index (Phi) is 6.44. The number of rotatable bonds is 4. The van der Waals surface area contributed by atoms with E-state index < -0.39 is 30.5 Å². The number of nitrogens with zero attached hydrogens (tertiary/aromatic N) is 4. The van der Waals surface area contributed by atoms with Crippen molar-refractivity contribution in [2.45, 2.75) is 51.6 Å². The molecule has 7 nitrogen and oxygen atoms in total. The van der Waals surface area contributed by atoms with Crippen molar-refractivity contribution in [3.05, 3.63) is 29.8 Å². The maximum atomic E-state index is 14.5. The van der Waals surface area contributed by atoms with Gasteiger partial charge in [-0.3, -0.25) is 0 Å². The van der Waals surface area contributed by atoms with Crippen LogP contribution >= 0.6 is 11.6 Å². The smallest absolute Gasteiger partial charge is 0.408 e. The minimum atomic E-state index is -2.77. The first-order valence-corrected chi connectivity index (χ1v) is 9.78. The van der Waals surface area contributed by atoms with Gasteiger partial charge in [-0.1, -0.05) is 11.6 Å². The lowest BCUT2D eigenvalue weighted by Gasteiger charge is -2.37. The minimum Gasteiger partial charge on any atom is -0.444 e. The van der Waals surface area contributed by atoms with Gasteiger partial charge in [0.25, 0.3) is 0 Å². The third-order valence-corrected chi connectivity index (χ3v) is 4.74. The van der Waals surface area contributed by atoms with E-state index >= 15 is 0 Å². The highest BCUT2D eigenvalue weighted by molar-refractivity contribution is 6.29. The number of ether oxygens (including phenoxy) is 1. The number of piperidine rings is 1. The summed E-state index contributed by atoms with van der Waals surface area (Å²) in [6.07, 6.45) is 2.17. The number of pyridine rings is 1. The fourth-order valence-corrected chi connectivity index (χ4v) is 3.38. The molecule has 0 unspecified atom stereocenters. The van der Waals surface area contributed by atoms with Crippen molar-refractivity contribution in [1.29, 1.82) is 0 Å². The molecule has 0 bridgehead atoms. The molecule has 0 aromatic carbocycles. The molecule has 3 heterocycles. The number of alkyl carbamates (subject to hydrolysis) is 1. The van der Waals surface area contributed by atoms with Gasteiger partial charge in [0, 0.05) is 42.3 Å². The van der Waals surface area contributed by atoms with Crippen molar-refractivity contribution in [2.75, 3.05) is 18.0 Å². The molecular weight excluding hydrogens is 423 g/mol. The fourth-order valence-electron chi connectivity index (χ4n) is 3.23. The van der Waals surface area contributed by atoms with Crippen molar-refractivity contribution in [2.24, 2.45) is 0 Å². The first-order valence-electron chi connectivity index (χ1n) is 9.40. The summed E-state index contributed by atoms with van der Waals surface area (Å²) < 4.78 is 46.1. The third-order valence-electron chi connectivity index (χ3n) is 4.53. The number of alkyl halides is 3. The van der Waals surface area contributed by atoms with Gasteiger partial charge in [-0.05, 0) is 33.3 Å². The Morgan fingerprint density at radius 1 is 1.37 bits per heavy atom. The van der Waals surface area contributed by atoms with Crippen LogP contribution in [0, 0.1) is 0 Å². The van der Waals surface area contributed by atoms with Crippen LogP contribution in [0.1, 0.15) is 33.7 Å². The van der Waals surface area contributed by atoms with Crippen LogP contribution in [-0.4, -0.2) is 51.8 Å². The number of amides is 1. The summed E-state index contributed by atoms with van der Waals surface area (Å²) in [5, 5.41) is 6.43. The molecule has 1 fully saturated rings. The highest BCUT2D eigenvalue weighted by Crippen LogP contribution is 2.34. The summed E-state index contributed by atoms with van der Waals surface area (Å²) >= 11 is 6.06.